The fourth-order valence-electron chi connectivity index (χ4n) is 4.30. The molecule has 0 fully saturated rings. The number of aromatic nitrogens is 1. The van der Waals surface area contributed by atoms with Gasteiger partial charge in [0.05, 0.1) is 23.8 Å². The lowest BCUT2D eigenvalue weighted by Gasteiger charge is -2.31. The summed E-state index contributed by atoms with van der Waals surface area (Å²) in [4.78, 5) is 15.2. The second kappa shape index (κ2) is 8.57. The van der Waals surface area contributed by atoms with Crippen LogP contribution in [0.5, 0.6) is 0 Å². The van der Waals surface area contributed by atoms with Gasteiger partial charge in [0.1, 0.15) is 0 Å². The van der Waals surface area contributed by atoms with Crippen LogP contribution in [0, 0.1) is 0 Å². The van der Waals surface area contributed by atoms with Crippen molar-refractivity contribution in [3.8, 4) is 5.69 Å². The molecule has 1 atom stereocenters. The number of carbonyl (C=O) groups excluding carboxylic acids is 1. The van der Waals surface area contributed by atoms with Crippen molar-refractivity contribution in [3.63, 3.8) is 0 Å². The molecule has 3 aromatic carbocycles. The van der Waals surface area contributed by atoms with Gasteiger partial charge in [0.25, 0.3) is 0 Å². The first-order valence-corrected chi connectivity index (χ1v) is 10.9. The van der Waals surface area contributed by atoms with Gasteiger partial charge in [-0.15, -0.1) is 0 Å². The Hall–Kier alpha value is -3.71. The van der Waals surface area contributed by atoms with Crippen molar-refractivity contribution >= 4 is 23.3 Å². The average Bonchev–Trinajstić information content (AvgIpc) is 3.24. The molecule has 5 rings (SSSR count). The minimum Gasteiger partial charge on any atom is -0.318 e. The van der Waals surface area contributed by atoms with Crippen molar-refractivity contribution < 1.29 is 18.0 Å². The van der Waals surface area contributed by atoms with Gasteiger partial charge in [0.15, 0.2) is 0 Å². The van der Waals surface area contributed by atoms with Crippen LogP contribution in [0.25, 0.3) is 5.69 Å². The van der Waals surface area contributed by atoms with Crippen LogP contribution in [-0.4, -0.2) is 15.5 Å². The molecule has 34 heavy (non-hydrogen) atoms. The van der Waals surface area contributed by atoms with Crippen LogP contribution >= 0.6 is 11.6 Å². The van der Waals surface area contributed by atoms with Crippen molar-refractivity contribution in [2.45, 2.75) is 18.8 Å². The zero-order valence-corrected chi connectivity index (χ0v) is 18.5. The van der Waals surface area contributed by atoms with Crippen molar-refractivity contribution in [3.05, 3.63) is 119 Å². The normalized spacial score (nSPS) is 15.3. The predicted octanol–water partition coefficient (Wildman–Crippen LogP) is 7.29. The number of alkyl halides is 3. The van der Waals surface area contributed by atoms with E-state index >= 15 is 0 Å². The highest BCUT2D eigenvalue weighted by molar-refractivity contribution is 6.30. The molecule has 2 amide bonds. The van der Waals surface area contributed by atoms with E-state index in [0.717, 1.165) is 34.6 Å². The number of hydrogen-bond acceptors (Lipinski definition) is 1. The molecule has 8 heteroatoms. The largest absolute Gasteiger partial charge is 0.416 e. The zero-order chi connectivity index (χ0) is 23.9. The van der Waals surface area contributed by atoms with E-state index in [0.29, 0.717) is 5.02 Å². The maximum absolute atomic E-state index is 13.6. The summed E-state index contributed by atoms with van der Waals surface area (Å²) in [7, 11) is 0. The molecule has 0 aliphatic carbocycles. The number of anilines is 1. The summed E-state index contributed by atoms with van der Waals surface area (Å²) in [5, 5.41) is 3.23. The standard InChI is InChI=1S/C26H19ClF3N3O/c27-20-12-10-17(11-13-20)24-23-9-4-14-32(23)22-8-2-1-5-18(22)16-33(24)25(34)31-21-7-3-6-19(15-21)26(28,29)30/h1-15,24H,16H2,(H,31,34)/t24-/m1/s1. The number of fused-ring (bicyclic) bond motifs is 3. The molecule has 0 saturated carbocycles. The first-order valence-electron chi connectivity index (χ1n) is 10.6. The Balaban J connectivity index is 1.59. The first kappa shape index (κ1) is 22.1. The summed E-state index contributed by atoms with van der Waals surface area (Å²) in [6, 6.07) is 22.4. The number of nitrogens with one attached hydrogen (secondary N) is 1. The minimum atomic E-state index is -4.51. The Morgan fingerprint density at radius 3 is 2.47 bits per heavy atom. The molecule has 4 nitrogen and oxygen atoms in total. The third-order valence-corrected chi connectivity index (χ3v) is 6.10. The van der Waals surface area contributed by atoms with Crippen LogP contribution in [0.3, 0.4) is 0 Å². The number of nitrogens with zero attached hydrogens (tertiary/aromatic N) is 2. The van der Waals surface area contributed by atoms with Gasteiger partial charge in [0, 0.05) is 22.6 Å². The maximum atomic E-state index is 13.6. The number of amides is 2. The molecule has 0 spiro atoms. The Morgan fingerprint density at radius 2 is 1.71 bits per heavy atom. The number of para-hydroxylation sites is 1. The highest BCUT2D eigenvalue weighted by Crippen LogP contribution is 2.37. The van der Waals surface area contributed by atoms with Gasteiger partial charge in [-0.25, -0.2) is 4.79 Å². The van der Waals surface area contributed by atoms with Gasteiger partial charge in [-0.05, 0) is 59.7 Å². The topological polar surface area (TPSA) is 37.3 Å². The third-order valence-electron chi connectivity index (χ3n) is 5.85. The van der Waals surface area contributed by atoms with E-state index in [4.69, 9.17) is 11.6 Å². The van der Waals surface area contributed by atoms with E-state index in [-0.39, 0.29) is 12.2 Å². The number of halogens is 4. The van der Waals surface area contributed by atoms with Gasteiger partial charge in [-0.3, -0.25) is 0 Å². The van der Waals surface area contributed by atoms with Crippen molar-refractivity contribution in [2.24, 2.45) is 0 Å². The molecule has 0 unspecified atom stereocenters. The Kier molecular flexibility index (Phi) is 5.57. The van der Waals surface area contributed by atoms with Crippen LogP contribution < -0.4 is 5.32 Å². The van der Waals surface area contributed by atoms with E-state index < -0.39 is 23.8 Å². The molecule has 1 N–H and O–H groups in total. The van der Waals surface area contributed by atoms with Crippen LogP contribution in [0.1, 0.15) is 28.4 Å². The van der Waals surface area contributed by atoms with Gasteiger partial charge in [-0.2, -0.15) is 13.2 Å². The molecule has 0 saturated heterocycles. The minimum absolute atomic E-state index is 0.0718. The van der Waals surface area contributed by atoms with Gasteiger partial charge in [-0.1, -0.05) is 48.0 Å². The Morgan fingerprint density at radius 1 is 0.941 bits per heavy atom. The van der Waals surface area contributed by atoms with Crippen LogP contribution in [0.15, 0.2) is 91.1 Å². The van der Waals surface area contributed by atoms with Crippen LogP contribution in [0.4, 0.5) is 23.7 Å². The summed E-state index contributed by atoms with van der Waals surface area (Å²) in [5.74, 6) is 0. The number of urea groups is 1. The number of rotatable bonds is 2. The molecule has 2 heterocycles. The predicted molar refractivity (Wildman–Crippen MR) is 125 cm³/mol. The summed E-state index contributed by atoms with van der Waals surface area (Å²) in [6.45, 7) is 0.260. The lowest BCUT2D eigenvalue weighted by molar-refractivity contribution is -0.137. The lowest BCUT2D eigenvalue weighted by atomic mass is 10.0. The Labute approximate surface area is 199 Å². The highest BCUT2D eigenvalue weighted by Gasteiger charge is 2.34. The molecule has 1 aromatic heterocycles. The Bertz CT molecular complexity index is 1350. The zero-order valence-electron chi connectivity index (χ0n) is 17.8. The average molecular weight is 482 g/mol. The van der Waals surface area contributed by atoms with Gasteiger partial charge >= 0.3 is 12.2 Å². The molecule has 172 valence electrons. The fourth-order valence-corrected chi connectivity index (χ4v) is 4.43. The second-order valence-corrected chi connectivity index (χ2v) is 8.46. The van der Waals surface area contributed by atoms with E-state index in [1.165, 1.54) is 12.1 Å². The lowest BCUT2D eigenvalue weighted by Crippen LogP contribution is -2.38. The highest BCUT2D eigenvalue weighted by atomic mass is 35.5. The van der Waals surface area contributed by atoms with Gasteiger partial charge in [0.2, 0.25) is 0 Å². The summed E-state index contributed by atoms with van der Waals surface area (Å²) < 4.78 is 41.6. The molecule has 0 radical (unpaired) electrons. The molecule has 1 aliphatic heterocycles. The van der Waals surface area contributed by atoms with Gasteiger partial charge < -0.3 is 14.8 Å². The van der Waals surface area contributed by atoms with Crippen LogP contribution in [0.2, 0.25) is 5.02 Å². The van der Waals surface area contributed by atoms with E-state index in [2.05, 4.69) is 5.32 Å². The summed E-state index contributed by atoms with van der Waals surface area (Å²) >= 11 is 6.10. The van der Waals surface area contributed by atoms with Crippen molar-refractivity contribution in [2.75, 3.05) is 5.32 Å². The molecule has 1 aliphatic rings. The number of carbonyl (C=O) groups is 1. The molecular weight excluding hydrogens is 463 g/mol. The first-order chi connectivity index (χ1) is 16.3. The van der Waals surface area contributed by atoms with E-state index in [9.17, 15) is 18.0 Å². The molecule has 4 aromatic rings. The SMILES string of the molecule is O=C(Nc1cccc(C(F)(F)F)c1)N1Cc2ccccc2-n2cccc2[C@H]1c1ccc(Cl)cc1. The molecular formula is C26H19ClF3N3O. The summed E-state index contributed by atoms with van der Waals surface area (Å²) in [6.07, 6.45) is -2.57. The second-order valence-electron chi connectivity index (χ2n) is 8.02. The third kappa shape index (κ3) is 4.15. The smallest absolute Gasteiger partial charge is 0.318 e. The quantitative estimate of drug-likeness (QED) is 0.321. The van der Waals surface area contributed by atoms with E-state index in [1.807, 2.05) is 59.3 Å². The maximum Gasteiger partial charge on any atom is 0.416 e. The monoisotopic (exact) mass is 481 g/mol. The van der Waals surface area contributed by atoms with E-state index in [1.54, 1.807) is 17.0 Å². The van der Waals surface area contributed by atoms with Crippen molar-refractivity contribution in [1.82, 2.24) is 9.47 Å². The number of benzene rings is 3. The number of hydrogen-bond donors (Lipinski definition) is 1. The van der Waals surface area contributed by atoms with Crippen molar-refractivity contribution in [1.29, 1.82) is 0 Å². The summed E-state index contributed by atoms with van der Waals surface area (Å²) in [5.41, 5.74) is 2.78. The van der Waals surface area contributed by atoms with Crippen LogP contribution in [-0.2, 0) is 12.7 Å². The fraction of sp³-hybridized carbons (Fsp3) is 0.115. The molecule has 0 bridgehead atoms.